The van der Waals surface area contributed by atoms with E-state index in [4.69, 9.17) is 11.6 Å². The molecule has 0 saturated carbocycles. The van der Waals surface area contributed by atoms with Crippen LogP contribution in [0.3, 0.4) is 0 Å². The molecule has 0 bridgehead atoms. The summed E-state index contributed by atoms with van der Waals surface area (Å²) in [6.07, 6.45) is 3.99. The molecule has 1 aromatic heterocycles. The summed E-state index contributed by atoms with van der Waals surface area (Å²) >= 11 is 5.89. The van der Waals surface area contributed by atoms with Crippen LogP contribution in [0.1, 0.15) is 5.56 Å². The van der Waals surface area contributed by atoms with E-state index in [1.807, 2.05) is 30.1 Å². The molecule has 0 spiro atoms. The lowest BCUT2D eigenvalue weighted by Crippen LogP contribution is -1.99. The van der Waals surface area contributed by atoms with Gasteiger partial charge in [0.2, 0.25) is 0 Å². The van der Waals surface area contributed by atoms with E-state index in [0.717, 1.165) is 11.3 Å². The fourth-order valence-corrected chi connectivity index (χ4v) is 1.73. The number of benzene rings is 1. The first-order valence-electron chi connectivity index (χ1n) is 4.95. The van der Waals surface area contributed by atoms with E-state index in [1.165, 1.54) is 12.1 Å². The summed E-state index contributed by atoms with van der Waals surface area (Å²) < 4.78 is 14.8. The molecule has 0 aliphatic rings. The second-order valence-electron chi connectivity index (χ2n) is 3.66. The summed E-state index contributed by atoms with van der Waals surface area (Å²) in [6.45, 7) is 0.673. The van der Waals surface area contributed by atoms with E-state index in [1.54, 1.807) is 6.07 Å². The van der Waals surface area contributed by atoms with E-state index in [0.29, 0.717) is 11.6 Å². The first-order valence-corrected chi connectivity index (χ1v) is 5.33. The topological polar surface area (TPSA) is 17.0 Å². The summed E-state index contributed by atoms with van der Waals surface area (Å²) in [6, 6.07) is 6.35. The zero-order valence-corrected chi connectivity index (χ0v) is 9.63. The summed E-state index contributed by atoms with van der Waals surface area (Å²) in [7, 11) is 1.97. The molecular weight excluding hydrogens is 227 g/mol. The van der Waals surface area contributed by atoms with Crippen LogP contribution in [0.25, 0.3) is 0 Å². The van der Waals surface area contributed by atoms with E-state index in [2.05, 4.69) is 5.32 Å². The van der Waals surface area contributed by atoms with Crippen LogP contribution in [-0.4, -0.2) is 4.57 Å². The van der Waals surface area contributed by atoms with Crippen molar-refractivity contribution in [2.45, 2.75) is 6.54 Å². The molecule has 0 radical (unpaired) electrons. The van der Waals surface area contributed by atoms with Gasteiger partial charge in [-0.25, -0.2) is 4.39 Å². The van der Waals surface area contributed by atoms with Crippen molar-refractivity contribution in [3.8, 4) is 0 Å². The molecule has 84 valence electrons. The predicted molar refractivity (Wildman–Crippen MR) is 64.1 cm³/mol. The highest BCUT2D eigenvalue weighted by molar-refractivity contribution is 6.33. The van der Waals surface area contributed by atoms with Crippen molar-refractivity contribution in [3.63, 3.8) is 0 Å². The first-order chi connectivity index (χ1) is 7.65. The zero-order chi connectivity index (χ0) is 11.5. The third kappa shape index (κ3) is 2.55. The third-order valence-corrected chi connectivity index (χ3v) is 2.62. The number of halogens is 2. The van der Waals surface area contributed by atoms with Gasteiger partial charge in [-0.15, -0.1) is 0 Å². The zero-order valence-electron chi connectivity index (χ0n) is 8.87. The number of nitrogens with zero attached hydrogens (tertiary/aromatic N) is 1. The molecule has 2 rings (SSSR count). The maximum Gasteiger partial charge on any atom is 0.124 e. The molecule has 1 N–H and O–H groups in total. The van der Waals surface area contributed by atoms with Crippen molar-refractivity contribution in [3.05, 3.63) is 53.1 Å². The Morgan fingerprint density at radius 3 is 2.81 bits per heavy atom. The Bertz CT molecular complexity index is 494. The number of hydrogen-bond donors (Lipinski definition) is 1. The van der Waals surface area contributed by atoms with Gasteiger partial charge in [-0.05, 0) is 29.8 Å². The van der Waals surface area contributed by atoms with E-state index in [-0.39, 0.29) is 5.82 Å². The van der Waals surface area contributed by atoms with Gasteiger partial charge in [-0.1, -0.05) is 11.6 Å². The molecule has 0 atom stereocenters. The van der Waals surface area contributed by atoms with Crippen LogP contribution in [0.2, 0.25) is 5.02 Å². The number of rotatable bonds is 3. The standard InChI is InChI=1S/C12H12ClFN2/c1-16-5-4-9(8-16)7-15-12-3-2-10(14)6-11(12)13/h2-6,8,15H,7H2,1H3. The lowest BCUT2D eigenvalue weighted by atomic mass is 10.3. The van der Waals surface area contributed by atoms with Gasteiger partial charge in [-0.3, -0.25) is 0 Å². The predicted octanol–water partition coefficient (Wildman–Crippen LogP) is 3.43. The van der Waals surface area contributed by atoms with Crippen molar-refractivity contribution in [1.82, 2.24) is 4.57 Å². The van der Waals surface area contributed by atoms with Crippen molar-refractivity contribution in [2.75, 3.05) is 5.32 Å². The molecule has 0 amide bonds. The summed E-state index contributed by atoms with van der Waals surface area (Å²) in [4.78, 5) is 0. The monoisotopic (exact) mass is 238 g/mol. The average Bonchev–Trinajstić information content (AvgIpc) is 2.63. The Morgan fingerprint density at radius 2 is 2.19 bits per heavy atom. The van der Waals surface area contributed by atoms with Crippen LogP contribution in [0.4, 0.5) is 10.1 Å². The average molecular weight is 239 g/mol. The van der Waals surface area contributed by atoms with E-state index in [9.17, 15) is 4.39 Å². The Hall–Kier alpha value is -1.48. The van der Waals surface area contributed by atoms with Crippen LogP contribution in [-0.2, 0) is 13.6 Å². The number of hydrogen-bond acceptors (Lipinski definition) is 1. The van der Waals surface area contributed by atoms with E-state index < -0.39 is 0 Å². The SMILES string of the molecule is Cn1ccc(CNc2ccc(F)cc2Cl)c1. The fraction of sp³-hybridized carbons (Fsp3) is 0.167. The smallest absolute Gasteiger partial charge is 0.124 e. The van der Waals surface area contributed by atoms with Crippen molar-refractivity contribution < 1.29 is 4.39 Å². The molecule has 2 nitrogen and oxygen atoms in total. The van der Waals surface area contributed by atoms with Crippen molar-refractivity contribution in [1.29, 1.82) is 0 Å². The Kier molecular flexibility index (Phi) is 3.15. The van der Waals surface area contributed by atoms with Crippen LogP contribution >= 0.6 is 11.6 Å². The maximum atomic E-state index is 12.8. The number of aromatic nitrogens is 1. The van der Waals surface area contributed by atoms with Crippen molar-refractivity contribution in [2.24, 2.45) is 7.05 Å². The van der Waals surface area contributed by atoms with Crippen molar-refractivity contribution >= 4 is 17.3 Å². The number of aryl methyl sites for hydroxylation is 1. The molecular formula is C12H12ClFN2. The highest BCUT2D eigenvalue weighted by Crippen LogP contribution is 2.22. The second kappa shape index (κ2) is 4.58. The molecule has 0 unspecified atom stereocenters. The first kappa shape index (κ1) is 11.0. The fourth-order valence-electron chi connectivity index (χ4n) is 1.50. The lowest BCUT2D eigenvalue weighted by molar-refractivity contribution is 0.628. The molecule has 1 aromatic carbocycles. The second-order valence-corrected chi connectivity index (χ2v) is 4.07. The normalized spacial score (nSPS) is 10.4. The van der Waals surface area contributed by atoms with Gasteiger partial charge < -0.3 is 9.88 Å². The number of nitrogens with one attached hydrogen (secondary N) is 1. The van der Waals surface area contributed by atoms with Gasteiger partial charge in [0.25, 0.3) is 0 Å². The quantitative estimate of drug-likeness (QED) is 0.867. The highest BCUT2D eigenvalue weighted by Gasteiger charge is 2.01. The number of anilines is 1. The molecule has 1 heterocycles. The molecule has 2 aromatic rings. The largest absolute Gasteiger partial charge is 0.380 e. The van der Waals surface area contributed by atoms with Crippen LogP contribution < -0.4 is 5.32 Å². The lowest BCUT2D eigenvalue weighted by Gasteiger charge is -2.07. The molecule has 0 fully saturated rings. The minimum atomic E-state index is -0.324. The highest BCUT2D eigenvalue weighted by atomic mass is 35.5. The van der Waals surface area contributed by atoms with Crippen LogP contribution in [0.15, 0.2) is 36.7 Å². The molecule has 0 aliphatic heterocycles. The summed E-state index contributed by atoms with van der Waals surface area (Å²) in [5.41, 5.74) is 1.90. The van der Waals surface area contributed by atoms with Gasteiger partial charge in [0.05, 0.1) is 10.7 Å². The van der Waals surface area contributed by atoms with Gasteiger partial charge in [0, 0.05) is 26.0 Å². The molecule has 4 heteroatoms. The van der Waals surface area contributed by atoms with Gasteiger partial charge in [0.1, 0.15) is 5.82 Å². The minimum absolute atomic E-state index is 0.324. The Labute approximate surface area is 98.7 Å². The minimum Gasteiger partial charge on any atom is -0.380 e. The van der Waals surface area contributed by atoms with E-state index >= 15 is 0 Å². The third-order valence-electron chi connectivity index (χ3n) is 2.31. The van der Waals surface area contributed by atoms with Gasteiger partial charge in [0.15, 0.2) is 0 Å². The Balaban J connectivity index is 2.04. The molecule has 0 saturated heterocycles. The summed E-state index contributed by atoms with van der Waals surface area (Å²) in [5, 5.41) is 3.56. The van der Waals surface area contributed by atoms with Gasteiger partial charge in [-0.2, -0.15) is 0 Å². The van der Waals surface area contributed by atoms with Crippen LogP contribution in [0, 0.1) is 5.82 Å². The van der Waals surface area contributed by atoms with Crippen LogP contribution in [0.5, 0.6) is 0 Å². The van der Waals surface area contributed by atoms with Gasteiger partial charge >= 0.3 is 0 Å². The Morgan fingerprint density at radius 1 is 1.38 bits per heavy atom. The molecule has 16 heavy (non-hydrogen) atoms. The molecule has 0 aliphatic carbocycles. The summed E-state index contributed by atoms with van der Waals surface area (Å²) in [5.74, 6) is -0.324. The maximum absolute atomic E-state index is 12.8.